The maximum atomic E-state index is 5.41. The second kappa shape index (κ2) is 15.1. The van der Waals surface area contributed by atoms with Crippen LogP contribution in [0.5, 0.6) is 5.75 Å². The van der Waals surface area contributed by atoms with Crippen molar-refractivity contribution in [1.29, 1.82) is 0 Å². The molecular formula is C23H34IN3O2. The molecule has 160 valence electrons. The Hall–Kier alpha value is -1.80. The summed E-state index contributed by atoms with van der Waals surface area (Å²) in [5.41, 5.74) is 3.83. The molecule has 0 spiro atoms. The van der Waals surface area contributed by atoms with E-state index in [1.165, 1.54) is 11.1 Å². The van der Waals surface area contributed by atoms with Crippen molar-refractivity contribution in [2.45, 2.75) is 33.2 Å². The molecule has 0 aliphatic heterocycles. The molecule has 0 aliphatic carbocycles. The molecule has 2 aromatic rings. The molecule has 2 aromatic carbocycles. The summed E-state index contributed by atoms with van der Waals surface area (Å²) in [6.45, 7) is 7.98. The molecule has 0 amide bonds. The molecule has 0 heterocycles. The highest BCUT2D eigenvalue weighted by Crippen LogP contribution is 2.12. The lowest BCUT2D eigenvalue weighted by Gasteiger charge is -2.13. The van der Waals surface area contributed by atoms with Gasteiger partial charge in [-0.05, 0) is 55.5 Å². The summed E-state index contributed by atoms with van der Waals surface area (Å²) in [5, 5.41) is 6.86. The molecule has 2 rings (SSSR count). The Labute approximate surface area is 192 Å². The summed E-state index contributed by atoms with van der Waals surface area (Å²) in [6.07, 6.45) is 1.92. The lowest BCUT2D eigenvalue weighted by molar-refractivity contribution is 0.145. The van der Waals surface area contributed by atoms with E-state index < -0.39 is 0 Å². The topological polar surface area (TPSA) is 54.9 Å². The van der Waals surface area contributed by atoms with Crippen molar-refractivity contribution in [3.63, 3.8) is 0 Å². The van der Waals surface area contributed by atoms with Crippen LogP contribution in [0.2, 0.25) is 0 Å². The highest BCUT2D eigenvalue weighted by molar-refractivity contribution is 14.0. The van der Waals surface area contributed by atoms with Crippen molar-refractivity contribution in [3.8, 4) is 5.75 Å². The summed E-state index contributed by atoms with van der Waals surface area (Å²) in [6, 6.07) is 16.5. The molecule has 0 aliphatic rings. The van der Waals surface area contributed by atoms with Crippen LogP contribution in [0.3, 0.4) is 0 Å². The molecule has 2 N–H and O–H groups in total. The minimum absolute atomic E-state index is 0. The van der Waals surface area contributed by atoms with Crippen LogP contribution in [-0.2, 0) is 17.7 Å². The number of rotatable bonds is 11. The van der Waals surface area contributed by atoms with E-state index in [0.29, 0.717) is 6.54 Å². The van der Waals surface area contributed by atoms with E-state index in [1.807, 2.05) is 31.2 Å². The van der Waals surface area contributed by atoms with Crippen molar-refractivity contribution in [2.75, 3.05) is 33.4 Å². The Balaban J connectivity index is 0.00000420. The van der Waals surface area contributed by atoms with Crippen LogP contribution in [0.1, 0.15) is 30.0 Å². The van der Waals surface area contributed by atoms with Gasteiger partial charge in [-0.1, -0.05) is 36.4 Å². The number of nitrogens with one attached hydrogen (secondary N) is 2. The van der Waals surface area contributed by atoms with E-state index in [4.69, 9.17) is 14.5 Å². The van der Waals surface area contributed by atoms with Gasteiger partial charge in [0.15, 0.2) is 5.96 Å². The van der Waals surface area contributed by atoms with Gasteiger partial charge in [0.1, 0.15) is 5.75 Å². The van der Waals surface area contributed by atoms with Gasteiger partial charge in [0.05, 0.1) is 13.7 Å². The summed E-state index contributed by atoms with van der Waals surface area (Å²) in [7, 11) is 1.68. The maximum Gasteiger partial charge on any atom is 0.191 e. The van der Waals surface area contributed by atoms with Gasteiger partial charge >= 0.3 is 0 Å². The fraction of sp³-hybridized carbons (Fsp3) is 0.435. The zero-order chi connectivity index (χ0) is 20.0. The van der Waals surface area contributed by atoms with Gasteiger partial charge in [0.25, 0.3) is 0 Å². The van der Waals surface area contributed by atoms with Crippen molar-refractivity contribution in [2.24, 2.45) is 4.99 Å². The molecule has 0 radical (unpaired) electrons. The molecule has 0 unspecified atom stereocenters. The average molecular weight is 511 g/mol. The van der Waals surface area contributed by atoms with E-state index in [2.05, 4.69) is 41.8 Å². The van der Waals surface area contributed by atoms with Crippen LogP contribution in [-0.4, -0.2) is 39.4 Å². The number of methoxy groups -OCH3 is 1. The summed E-state index contributed by atoms with van der Waals surface area (Å²) in [4.78, 5) is 4.73. The summed E-state index contributed by atoms with van der Waals surface area (Å²) >= 11 is 0. The number of aryl methyl sites for hydroxylation is 1. The Morgan fingerprint density at radius 1 is 1.00 bits per heavy atom. The molecule has 6 heteroatoms. The monoisotopic (exact) mass is 511 g/mol. The number of guanidine groups is 1. The van der Waals surface area contributed by atoms with Gasteiger partial charge in [0.2, 0.25) is 0 Å². The quantitative estimate of drug-likeness (QED) is 0.204. The van der Waals surface area contributed by atoms with Gasteiger partial charge in [-0.15, -0.1) is 24.0 Å². The lowest BCUT2D eigenvalue weighted by atomic mass is 10.1. The minimum atomic E-state index is 0. The molecule has 0 fully saturated rings. The summed E-state index contributed by atoms with van der Waals surface area (Å²) in [5.74, 6) is 1.69. The SMILES string of the molecule is CCOCCCNC(=NCc1ccc(OC)cc1)NCCc1ccccc1C.I. The smallest absolute Gasteiger partial charge is 0.191 e. The van der Waals surface area contributed by atoms with Crippen molar-refractivity contribution >= 4 is 29.9 Å². The first-order valence-corrected chi connectivity index (χ1v) is 10.00. The molecule has 0 aromatic heterocycles. The zero-order valence-corrected chi connectivity index (χ0v) is 20.1. The second-order valence-electron chi connectivity index (χ2n) is 6.59. The standard InChI is InChI=1S/C23H33N3O2.HI/c1-4-28-17-7-15-24-23(25-16-14-21-9-6-5-8-19(21)2)26-18-20-10-12-22(27-3)13-11-20;/h5-6,8-13H,4,7,14-18H2,1-3H3,(H2,24,25,26);1H. The van der Waals surface area contributed by atoms with Crippen molar-refractivity contribution < 1.29 is 9.47 Å². The van der Waals surface area contributed by atoms with E-state index in [0.717, 1.165) is 56.4 Å². The van der Waals surface area contributed by atoms with Gasteiger partial charge in [-0.25, -0.2) is 4.99 Å². The fourth-order valence-electron chi connectivity index (χ4n) is 2.81. The summed E-state index contributed by atoms with van der Waals surface area (Å²) < 4.78 is 10.6. The third kappa shape index (κ3) is 9.99. The van der Waals surface area contributed by atoms with E-state index >= 15 is 0 Å². The zero-order valence-electron chi connectivity index (χ0n) is 17.7. The van der Waals surface area contributed by atoms with Crippen molar-refractivity contribution in [1.82, 2.24) is 10.6 Å². The van der Waals surface area contributed by atoms with Crippen molar-refractivity contribution in [3.05, 3.63) is 65.2 Å². The van der Waals surface area contributed by atoms with Gasteiger partial charge < -0.3 is 20.1 Å². The lowest BCUT2D eigenvalue weighted by Crippen LogP contribution is -2.39. The van der Waals surface area contributed by atoms with Crippen LogP contribution in [0.15, 0.2) is 53.5 Å². The molecule has 0 saturated carbocycles. The van der Waals surface area contributed by atoms with E-state index in [-0.39, 0.29) is 24.0 Å². The number of benzene rings is 2. The Bertz CT molecular complexity index is 720. The first-order chi connectivity index (χ1) is 13.7. The Kier molecular flexibility index (Phi) is 13.1. The minimum Gasteiger partial charge on any atom is -0.497 e. The highest BCUT2D eigenvalue weighted by Gasteiger charge is 2.02. The van der Waals surface area contributed by atoms with Gasteiger partial charge in [-0.2, -0.15) is 0 Å². The number of ether oxygens (including phenoxy) is 2. The van der Waals surface area contributed by atoms with Crippen LogP contribution < -0.4 is 15.4 Å². The van der Waals surface area contributed by atoms with Crippen LogP contribution >= 0.6 is 24.0 Å². The molecule has 5 nitrogen and oxygen atoms in total. The average Bonchev–Trinajstić information content (AvgIpc) is 2.73. The Morgan fingerprint density at radius 2 is 1.72 bits per heavy atom. The third-order valence-electron chi connectivity index (χ3n) is 4.49. The number of nitrogens with zero attached hydrogens (tertiary/aromatic N) is 1. The second-order valence-corrected chi connectivity index (χ2v) is 6.59. The number of aliphatic imine (C=N–C) groups is 1. The Morgan fingerprint density at radius 3 is 2.41 bits per heavy atom. The molecule has 0 atom stereocenters. The molecule has 0 saturated heterocycles. The van der Waals surface area contributed by atoms with Crippen LogP contribution in [0.4, 0.5) is 0 Å². The predicted molar refractivity (Wildman–Crippen MR) is 132 cm³/mol. The normalized spacial score (nSPS) is 10.9. The highest BCUT2D eigenvalue weighted by atomic mass is 127. The van der Waals surface area contributed by atoms with E-state index in [1.54, 1.807) is 7.11 Å². The number of halogens is 1. The van der Waals surface area contributed by atoms with Crippen LogP contribution in [0, 0.1) is 6.92 Å². The largest absolute Gasteiger partial charge is 0.497 e. The van der Waals surface area contributed by atoms with Gasteiger partial charge in [-0.3, -0.25) is 0 Å². The fourth-order valence-corrected chi connectivity index (χ4v) is 2.81. The molecular weight excluding hydrogens is 477 g/mol. The molecule has 29 heavy (non-hydrogen) atoms. The number of hydrogen-bond acceptors (Lipinski definition) is 3. The first-order valence-electron chi connectivity index (χ1n) is 10.00. The van der Waals surface area contributed by atoms with Gasteiger partial charge in [0, 0.05) is 26.3 Å². The molecule has 0 bridgehead atoms. The third-order valence-corrected chi connectivity index (χ3v) is 4.49. The first kappa shape index (κ1) is 25.2. The maximum absolute atomic E-state index is 5.41. The van der Waals surface area contributed by atoms with Crippen LogP contribution in [0.25, 0.3) is 0 Å². The predicted octanol–water partition coefficient (Wildman–Crippen LogP) is 4.33. The number of hydrogen-bond donors (Lipinski definition) is 2. The van der Waals surface area contributed by atoms with E-state index in [9.17, 15) is 0 Å².